The van der Waals surface area contributed by atoms with Gasteiger partial charge in [0.25, 0.3) is 0 Å². The van der Waals surface area contributed by atoms with Crippen molar-refractivity contribution < 1.29 is 51.8 Å². The number of esters is 1. The predicted molar refractivity (Wildman–Crippen MR) is 111 cm³/mol. The molecule has 0 heterocycles. The normalized spacial score (nSPS) is 11.6. The van der Waals surface area contributed by atoms with Gasteiger partial charge in [0.05, 0.1) is 25.0 Å². The summed E-state index contributed by atoms with van der Waals surface area (Å²) < 4.78 is 10.3. The van der Waals surface area contributed by atoms with Gasteiger partial charge < -0.3 is 27.4 Å². The van der Waals surface area contributed by atoms with Gasteiger partial charge in [0, 0.05) is 32.7 Å². The third-order valence-electron chi connectivity index (χ3n) is 3.99. The number of methoxy groups -OCH3 is 1. The molecule has 8 heteroatoms. The molecule has 0 aliphatic carbocycles. The van der Waals surface area contributed by atoms with Crippen LogP contribution in [0.1, 0.15) is 55.5 Å². The van der Waals surface area contributed by atoms with Crippen LogP contribution in [0.5, 0.6) is 5.75 Å². The van der Waals surface area contributed by atoms with E-state index < -0.39 is 12.0 Å². The Morgan fingerprint density at radius 2 is 2.00 bits per heavy atom. The Labute approximate surface area is 198 Å². The summed E-state index contributed by atoms with van der Waals surface area (Å²) in [5, 5.41) is 2.85. The molecule has 1 aromatic rings. The van der Waals surface area contributed by atoms with Gasteiger partial charge >= 0.3 is 5.97 Å². The number of nitrogens with one attached hydrogen (secondary N) is 1. The number of nitrogens with zero attached hydrogens (tertiary/aromatic N) is 1. The fraction of sp³-hybridized carbons (Fsp3) is 0.550. The molecule has 1 N–H and O–H groups in total. The van der Waals surface area contributed by atoms with Crippen LogP contribution in [-0.2, 0) is 54.9 Å². The zero-order valence-electron chi connectivity index (χ0n) is 17.1. The summed E-state index contributed by atoms with van der Waals surface area (Å²) in [5.41, 5.74) is 1.42. The minimum atomic E-state index is -0.509. The Kier molecular flexibility index (Phi) is 14.5. The maximum Gasteiger partial charge on any atom is 0.340 e. The molecule has 153 valence electrons. The molecule has 6 nitrogen and oxygen atoms in total. The minimum absolute atomic E-state index is 0. The third kappa shape index (κ3) is 8.62. The van der Waals surface area contributed by atoms with Crippen LogP contribution in [0.2, 0.25) is 0 Å². The summed E-state index contributed by atoms with van der Waals surface area (Å²) in [7, 11) is 1.52. The zero-order chi connectivity index (χ0) is 20.2. The Morgan fingerprint density at radius 3 is 2.57 bits per heavy atom. The molecule has 1 unspecified atom stereocenters. The van der Waals surface area contributed by atoms with E-state index in [2.05, 4.69) is 10.3 Å². The fourth-order valence-corrected chi connectivity index (χ4v) is 2.72. The standard InChI is InChI=1S/C20H30N2O4S.Y/c1-5-17(21-10-8-7-9-11-27)19(23)22-18-14(3)12-15(25-4)13-16(18)20(24)26-6-2;/h10,12-13,17,27H,5-9,11H2,1-4H3,(H,22,23);/p-1. The average Bonchev–Trinajstić information content (AvgIpc) is 2.66. The van der Waals surface area contributed by atoms with E-state index in [4.69, 9.17) is 22.1 Å². The molecule has 1 radical (unpaired) electrons. The van der Waals surface area contributed by atoms with Crippen molar-refractivity contribution >= 4 is 36.4 Å². The van der Waals surface area contributed by atoms with Crippen molar-refractivity contribution in [3.05, 3.63) is 23.3 Å². The predicted octanol–water partition coefficient (Wildman–Crippen LogP) is 3.68. The number of hydrogen-bond acceptors (Lipinski definition) is 6. The quantitative estimate of drug-likeness (QED) is 0.225. The topological polar surface area (TPSA) is 77.0 Å². The van der Waals surface area contributed by atoms with E-state index >= 15 is 0 Å². The van der Waals surface area contributed by atoms with Gasteiger partial charge in [-0.1, -0.05) is 19.8 Å². The zero-order valence-corrected chi connectivity index (χ0v) is 20.8. The maximum atomic E-state index is 12.7. The van der Waals surface area contributed by atoms with Gasteiger partial charge in [-0.05, 0) is 50.6 Å². The molecule has 0 fully saturated rings. The van der Waals surface area contributed by atoms with Crippen molar-refractivity contribution in [3.63, 3.8) is 0 Å². The number of ether oxygens (including phenoxy) is 2. The number of unbranched alkanes of at least 4 members (excludes halogenated alkanes) is 2. The van der Waals surface area contributed by atoms with Crippen LogP contribution < -0.4 is 10.1 Å². The minimum Gasteiger partial charge on any atom is -0.793 e. The third-order valence-corrected chi connectivity index (χ3v) is 4.28. The first-order valence-electron chi connectivity index (χ1n) is 9.24. The smallest absolute Gasteiger partial charge is 0.340 e. The SMILES string of the molecule is CCOC(=O)c1cc(OC)cc(C)c1NC(=O)C(CC)N=CCCCC[S-].[Y]. The van der Waals surface area contributed by atoms with Crippen molar-refractivity contribution in [3.8, 4) is 5.75 Å². The van der Waals surface area contributed by atoms with Crippen LogP contribution in [-0.4, -0.2) is 43.6 Å². The van der Waals surface area contributed by atoms with Gasteiger partial charge in [-0.15, -0.1) is 0 Å². The first-order chi connectivity index (χ1) is 13.0. The summed E-state index contributed by atoms with van der Waals surface area (Å²) in [4.78, 5) is 29.4. The number of carbonyl (C=O) groups is 2. The summed E-state index contributed by atoms with van der Waals surface area (Å²) in [5.74, 6) is 0.505. The van der Waals surface area contributed by atoms with Gasteiger partial charge in [-0.3, -0.25) is 9.79 Å². The first-order valence-corrected chi connectivity index (χ1v) is 9.82. The number of amides is 1. The summed E-state index contributed by atoms with van der Waals surface area (Å²) >= 11 is 4.92. The molecule has 28 heavy (non-hydrogen) atoms. The van der Waals surface area contributed by atoms with E-state index in [0.717, 1.165) is 30.6 Å². The maximum absolute atomic E-state index is 12.7. The van der Waals surface area contributed by atoms with Crippen LogP contribution in [0.25, 0.3) is 0 Å². The van der Waals surface area contributed by atoms with Crippen molar-refractivity contribution in [1.29, 1.82) is 0 Å². The van der Waals surface area contributed by atoms with E-state index in [1.807, 2.05) is 6.92 Å². The van der Waals surface area contributed by atoms with Crippen LogP contribution >= 0.6 is 0 Å². The Morgan fingerprint density at radius 1 is 1.29 bits per heavy atom. The number of benzene rings is 1. The number of rotatable bonds is 11. The fourth-order valence-electron chi connectivity index (χ4n) is 2.51. The van der Waals surface area contributed by atoms with Crippen LogP contribution in [0, 0.1) is 6.92 Å². The van der Waals surface area contributed by atoms with Gasteiger partial charge in [0.15, 0.2) is 0 Å². The first kappa shape index (κ1) is 27.1. The van der Waals surface area contributed by atoms with E-state index in [-0.39, 0.29) is 50.8 Å². The Hall–Kier alpha value is -0.916. The van der Waals surface area contributed by atoms with Gasteiger partial charge in [0.1, 0.15) is 11.8 Å². The molecular formula is C20H29N2O4SY-. The number of aryl methyl sites for hydroxylation is 1. The number of hydrogen-bond donors (Lipinski definition) is 1. The van der Waals surface area contributed by atoms with Crippen molar-refractivity contribution in [2.75, 3.05) is 24.8 Å². The molecule has 0 saturated heterocycles. The van der Waals surface area contributed by atoms with Crippen LogP contribution in [0.4, 0.5) is 5.69 Å². The van der Waals surface area contributed by atoms with E-state index in [0.29, 0.717) is 17.9 Å². The molecule has 1 rings (SSSR count). The van der Waals surface area contributed by atoms with Gasteiger partial charge in [-0.2, -0.15) is 5.75 Å². The molecule has 1 atom stereocenters. The molecule has 0 saturated carbocycles. The monoisotopic (exact) mass is 482 g/mol. The van der Waals surface area contributed by atoms with Gasteiger partial charge in [-0.25, -0.2) is 4.79 Å². The van der Waals surface area contributed by atoms with E-state index in [1.54, 1.807) is 32.2 Å². The van der Waals surface area contributed by atoms with Crippen LogP contribution in [0.15, 0.2) is 17.1 Å². The summed E-state index contributed by atoms with van der Waals surface area (Å²) in [6.07, 6.45) is 5.09. The number of aliphatic imine (C=N–C) groups is 1. The molecule has 0 aliphatic heterocycles. The summed E-state index contributed by atoms with van der Waals surface area (Å²) in [6, 6.07) is 2.82. The molecule has 0 aromatic heterocycles. The number of carbonyl (C=O) groups excluding carboxylic acids is 2. The molecule has 0 spiro atoms. The second kappa shape index (κ2) is 15.0. The Bertz CT molecular complexity index is 668. The summed E-state index contributed by atoms with van der Waals surface area (Å²) in [6.45, 7) is 5.68. The van der Waals surface area contributed by atoms with Crippen molar-refractivity contribution in [2.24, 2.45) is 4.99 Å². The van der Waals surface area contributed by atoms with Crippen molar-refractivity contribution in [2.45, 2.75) is 52.5 Å². The second-order valence-electron chi connectivity index (χ2n) is 6.03. The van der Waals surface area contributed by atoms with Gasteiger partial charge in [0.2, 0.25) is 5.91 Å². The molecule has 1 amide bonds. The molecular weight excluding hydrogens is 453 g/mol. The average molecular weight is 482 g/mol. The van der Waals surface area contributed by atoms with E-state index in [1.165, 1.54) is 7.11 Å². The molecule has 0 aliphatic rings. The number of anilines is 1. The second-order valence-corrected chi connectivity index (χ2v) is 6.44. The van der Waals surface area contributed by atoms with E-state index in [9.17, 15) is 9.59 Å². The molecule has 0 bridgehead atoms. The van der Waals surface area contributed by atoms with Crippen molar-refractivity contribution in [1.82, 2.24) is 0 Å². The molecule has 1 aromatic carbocycles. The van der Waals surface area contributed by atoms with Crippen LogP contribution in [0.3, 0.4) is 0 Å². The largest absolute Gasteiger partial charge is 0.793 e. The Balaban J connectivity index is 0.00000729.